The Bertz CT molecular complexity index is 1700. The average molecular weight is 498 g/mol. The molecule has 1 N–H and O–H groups in total. The molecule has 0 radical (unpaired) electrons. The molecule has 2 aromatic heterocycles. The van der Waals surface area contributed by atoms with Crippen LogP contribution in [0.4, 0.5) is 8.78 Å². The van der Waals surface area contributed by atoms with Gasteiger partial charge in [0.05, 0.1) is 12.1 Å². The Morgan fingerprint density at radius 3 is 2.47 bits per heavy atom. The number of pyridine rings is 1. The van der Waals surface area contributed by atoms with E-state index < -0.39 is 28.6 Å². The van der Waals surface area contributed by atoms with E-state index in [-0.39, 0.29) is 27.3 Å². The number of aromatic nitrogens is 1. The van der Waals surface area contributed by atoms with Gasteiger partial charge in [-0.25, -0.2) is 13.6 Å². The summed E-state index contributed by atoms with van der Waals surface area (Å²) in [6.45, 7) is 0.0419. The molecule has 0 spiro atoms. The van der Waals surface area contributed by atoms with Crippen LogP contribution in [0.15, 0.2) is 90.5 Å². The lowest BCUT2D eigenvalue weighted by molar-refractivity contribution is 0.446. The molecule has 0 amide bonds. The first-order valence-corrected chi connectivity index (χ1v) is 11.2. The van der Waals surface area contributed by atoms with E-state index in [1.165, 1.54) is 47.0 Å². The fourth-order valence-corrected chi connectivity index (χ4v) is 4.74. The normalized spacial score (nSPS) is 11.4. The minimum absolute atomic E-state index is 0.0419. The van der Waals surface area contributed by atoms with Crippen molar-refractivity contribution in [2.45, 2.75) is 16.3 Å². The lowest BCUT2D eigenvalue weighted by Crippen LogP contribution is -2.23. The first-order chi connectivity index (χ1) is 16.3. The number of fused-ring (bicyclic) bond motifs is 3. The molecule has 0 aliphatic carbocycles. The summed E-state index contributed by atoms with van der Waals surface area (Å²) < 4.78 is 34.4. The lowest BCUT2D eigenvalue weighted by atomic mass is 10.1. The maximum Gasteiger partial charge on any atom is 0.354 e. The van der Waals surface area contributed by atoms with E-state index in [2.05, 4.69) is 0 Å². The number of halogens is 3. The van der Waals surface area contributed by atoms with Crippen LogP contribution in [0.3, 0.4) is 0 Å². The van der Waals surface area contributed by atoms with E-state index >= 15 is 0 Å². The number of hydrogen-bond donors (Lipinski definition) is 1. The van der Waals surface area contributed by atoms with Crippen LogP contribution in [-0.2, 0) is 6.54 Å². The molecule has 0 unspecified atom stereocenters. The van der Waals surface area contributed by atoms with Crippen LogP contribution in [0, 0.1) is 11.6 Å². The minimum atomic E-state index is -0.912. The molecule has 0 bridgehead atoms. The van der Waals surface area contributed by atoms with E-state index in [1.807, 2.05) is 0 Å². The standard InChI is InChI=1S/C25H14ClF2NO4S/c26-14-7-10-16-18(11-14)29(12-13-5-8-15(27)9-6-13)24(31)20-21(30)23(25(32)33-22(16)20)34-19-4-2-1-3-17(19)28/h1-11,30H,12H2. The van der Waals surface area contributed by atoms with Crippen molar-refractivity contribution in [3.63, 3.8) is 0 Å². The summed E-state index contributed by atoms with van der Waals surface area (Å²) >= 11 is 6.83. The van der Waals surface area contributed by atoms with Crippen molar-refractivity contribution in [3.05, 3.63) is 110 Å². The zero-order valence-corrected chi connectivity index (χ0v) is 18.8. The highest BCUT2D eigenvalue weighted by Gasteiger charge is 2.23. The second-order valence-corrected chi connectivity index (χ2v) is 8.97. The molecule has 5 rings (SSSR count). The first-order valence-electron chi connectivity index (χ1n) is 10.0. The van der Waals surface area contributed by atoms with Crippen molar-refractivity contribution in [1.29, 1.82) is 0 Å². The Labute approximate surface area is 199 Å². The highest BCUT2D eigenvalue weighted by Crippen LogP contribution is 2.38. The Balaban J connectivity index is 1.80. The van der Waals surface area contributed by atoms with Crippen molar-refractivity contribution >= 4 is 45.2 Å². The van der Waals surface area contributed by atoms with E-state index in [4.69, 9.17) is 16.0 Å². The van der Waals surface area contributed by atoms with Gasteiger partial charge in [0.15, 0.2) is 11.3 Å². The van der Waals surface area contributed by atoms with Crippen molar-refractivity contribution < 1.29 is 18.3 Å². The highest BCUT2D eigenvalue weighted by atomic mass is 35.5. The van der Waals surface area contributed by atoms with Gasteiger partial charge in [0.2, 0.25) is 0 Å². The van der Waals surface area contributed by atoms with Gasteiger partial charge >= 0.3 is 5.63 Å². The molecule has 0 aliphatic rings. The molecule has 5 aromatic rings. The van der Waals surface area contributed by atoms with Crippen LogP contribution in [0.2, 0.25) is 5.02 Å². The van der Waals surface area contributed by atoms with Crippen molar-refractivity contribution in [2.24, 2.45) is 0 Å². The Kier molecular flexibility index (Phi) is 5.63. The fourth-order valence-electron chi connectivity index (χ4n) is 3.72. The second kappa shape index (κ2) is 8.62. The monoisotopic (exact) mass is 497 g/mol. The zero-order valence-electron chi connectivity index (χ0n) is 17.2. The van der Waals surface area contributed by atoms with Crippen LogP contribution < -0.4 is 11.2 Å². The molecule has 0 fully saturated rings. The quantitative estimate of drug-likeness (QED) is 0.311. The summed E-state index contributed by atoms with van der Waals surface area (Å²) in [4.78, 5) is 26.1. The van der Waals surface area contributed by atoms with Gasteiger partial charge in [-0.15, -0.1) is 0 Å². The summed E-state index contributed by atoms with van der Waals surface area (Å²) in [5.41, 5.74) is -0.670. The predicted octanol–water partition coefficient (Wildman–Crippen LogP) is 5.94. The fraction of sp³-hybridized carbons (Fsp3) is 0.0400. The number of rotatable bonds is 4. The van der Waals surface area contributed by atoms with Gasteiger partial charge in [0.25, 0.3) is 5.56 Å². The van der Waals surface area contributed by atoms with Gasteiger partial charge in [0.1, 0.15) is 21.9 Å². The highest BCUT2D eigenvalue weighted by molar-refractivity contribution is 7.99. The smallest absolute Gasteiger partial charge is 0.354 e. The number of aromatic hydroxyl groups is 1. The molecule has 3 aromatic carbocycles. The van der Waals surface area contributed by atoms with E-state index in [0.717, 1.165) is 0 Å². The van der Waals surface area contributed by atoms with Crippen LogP contribution in [0.5, 0.6) is 5.75 Å². The molecule has 2 heterocycles. The number of benzene rings is 3. The molecule has 0 saturated carbocycles. The van der Waals surface area contributed by atoms with Gasteiger partial charge in [-0.2, -0.15) is 0 Å². The van der Waals surface area contributed by atoms with Crippen molar-refractivity contribution in [3.8, 4) is 5.75 Å². The summed E-state index contributed by atoms with van der Waals surface area (Å²) in [6, 6.07) is 16.0. The topological polar surface area (TPSA) is 72.4 Å². The number of hydrogen-bond acceptors (Lipinski definition) is 5. The second-order valence-electron chi connectivity index (χ2n) is 7.48. The van der Waals surface area contributed by atoms with Gasteiger partial charge in [-0.05, 0) is 48.0 Å². The first kappa shape index (κ1) is 22.2. The average Bonchev–Trinajstić information content (AvgIpc) is 2.81. The Morgan fingerprint density at radius 1 is 1.00 bits per heavy atom. The van der Waals surface area contributed by atoms with Gasteiger partial charge in [-0.3, -0.25) is 4.79 Å². The van der Waals surface area contributed by atoms with E-state index in [0.29, 0.717) is 33.3 Å². The molecule has 0 saturated heterocycles. The SMILES string of the molecule is O=c1oc2c(c(O)c1Sc1ccccc1F)c(=O)n(Cc1ccc(F)cc1)c1cc(Cl)ccc21. The molecule has 9 heteroatoms. The molecule has 0 aliphatic heterocycles. The number of nitrogens with zero attached hydrogens (tertiary/aromatic N) is 1. The van der Waals surface area contributed by atoms with Crippen LogP contribution in [0.25, 0.3) is 21.9 Å². The van der Waals surface area contributed by atoms with E-state index in [1.54, 1.807) is 24.3 Å². The van der Waals surface area contributed by atoms with E-state index in [9.17, 15) is 23.5 Å². The van der Waals surface area contributed by atoms with Gasteiger partial charge in [-0.1, -0.05) is 47.6 Å². The Hall–Kier alpha value is -3.62. The summed E-state index contributed by atoms with van der Waals surface area (Å²) in [6.07, 6.45) is 0. The summed E-state index contributed by atoms with van der Waals surface area (Å²) in [5, 5.41) is 11.5. The maximum absolute atomic E-state index is 14.2. The van der Waals surface area contributed by atoms with Crippen LogP contribution in [-0.4, -0.2) is 9.67 Å². The molecule has 34 heavy (non-hydrogen) atoms. The molecular weight excluding hydrogens is 484 g/mol. The van der Waals surface area contributed by atoms with Crippen molar-refractivity contribution in [1.82, 2.24) is 4.57 Å². The predicted molar refractivity (Wildman–Crippen MR) is 127 cm³/mol. The summed E-state index contributed by atoms with van der Waals surface area (Å²) in [7, 11) is 0. The molecule has 0 atom stereocenters. The molecular formula is C25H14ClF2NO4S. The molecule has 5 nitrogen and oxygen atoms in total. The van der Waals surface area contributed by atoms with Crippen molar-refractivity contribution in [2.75, 3.05) is 0 Å². The Morgan fingerprint density at radius 2 is 1.74 bits per heavy atom. The third-order valence-corrected chi connectivity index (χ3v) is 6.67. The van der Waals surface area contributed by atoms with Crippen LogP contribution in [0.1, 0.15) is 5.56 Å². The van der Waals surface area contributed by atoms with Gasteiger partial charge in [0, 0.05) is 15.3 Å². The third kappa shape index (κ3) is 3.85. The maximum atomic E-state index is 14.2. The van der Waals surface area contributed by atoms with Crippen LogP contribution >= 0.6 is 23.4 Å². The third-order valence-electron chi connectivity index (χ3n) is 5.32. The zero-order chi connectivity index (χ0) is 24.0. The summed E-state index contributed by atoms with van der Waals surface area (Å²) in [5.74, 6) is -1.61. The van der Waals surface area contributed by atoms with Gasteiger partial charge < -0.3 is 14.1 Å². The molecule has 170 valence electrons. The largest absolute Gasteiger partial charge is 0.505 e. The lowest BCUT2D eigenvalue weighted by Gasteiger charge is -2.14. The minimum Gasteiger partial charge on any atom is -0.505 e.